The molecule has 3 aromatic rings. The molecule has 138 valence electrons. The molecule has 1 aliphatic carbocycles. The number of rotatable bonds is 6. The lowest BCUT2D eigenvalue weighted by Gasteiger charge is -2.11. The molecule has 0 radical (unpaired) electrons. The van der Waals surface area contributed by atoms with Crippen molar-refractivity contribution in [1.82, 2.24) is 9.97 Å². The molecule has 0 unspecified atom stereocenters. The molecule has 0 spiro atoms. The van der Waals surface area contributed by atoms with E-state index in [4.69, 9.17) is 0 Å². The van der Waals surface area contributed by atoms with Crippen LogP contribution in [0.25, 0.3) is 11.0 Å². The summed E-state index contributed by atoms with van der Waals surface area (Å²) in [7, 11) is 0. The number of hydrogen-bond acceptors (Lipinski definition) is 3. The van der Waals surface area contributed by atoms with Crippen LogP contribution in [-0.2, 0) is 16.0 Å². The van der Waals surface area contributed by atoms with Gasteiger partial charge < -0.3 is 15.6 Å². The number of imidazole rings is 1. The number of amides is 2. The van der Waals surface area contributed by atoms with Gasteiger partial charge in [0.2, 0.25) is 11.8 Å². The van der Waals surface area contributed by atoms with Crippen LogP contribution in [0.2, 0.25) is 0 Å². The molecule has 0 saturated heterocycles. The third-order valence-corrected chi connectivity index (χ3v) is 4.75. The molecule has 3 N–H and O–H groups in total. The Hall–Kier alpha value is -3.15. The Kier molecular flexibility index (Phi) is 4.62. The predicted molar refractivity (Wildman–Crippen MR) is 106 cm³/mol. The Balaban J connectivity index is 1.37. The number of benzene rings is 2. The van der Waals surface area contributed by atoms with E-state index < -0.39 is 0 Å². The monoisotopic (exact) mass is 362 g/mol. The first-order chi connectivity index (χ1) is 13.1. The number of anilines is 2. The summed E-state index contributed by atoms with van der Waals surface area (Å²) < 4.78 is 0. The highest BCUT2D eigenvalue weighted by Gasteiger charge is 2.29. The van der Waals surface area contributed by atoms with Gasteiger partial charge in [0.15, 0.2) is 0 Å². The van der Waals surface area contributed by atoms with Crippen LogP contribution in [0.15, 0.2) is 42.5 Å². The molecular weight excluding hydrogens is 340 g/mol. The van der Waals surface area contributed by atoms with Gasteiger partial charge in [-0.05, 0) is 49.6 Å². The number of nitrogens with zero attached hydrogens (tertiary/aromatic N) is 1. The fraction of sp³-hybridized carbons (Fsp3) is 0.286. The summed E-state index contributed by atoms with van der Waals surface area (Å²) in [6.45, 7) is 1.93. The Bertz CT molecular complexity index is 971. The largest absolute Gasteiger partial charge is 0.342 e. The maximum absolute atomic E-state index is 12.4. The zero-order valence-electron chi connectivity index (χ0n) is 15.2. The van der Waals surface area contributed by atoms with Crippen LogP contribution >= 0.6 is 0 Å². The van der Waals surface area contributed by atoms with Gasteiger partial charge in [-0.2, -0.15) is 0 Å². The predicted octanol–water partition coefficient (Wildman–Crippen LogP) is 3.79. The van der Waals surface area contributed by atoms with Gasteiger partial charge in [-0.15, -0.1) is 0 Å². The lowest BCUT2D eigenvalue weighted by Crippen LogP contribution is -2.15. The van der Waals surface area contributed by atoms with Crippen molar-refractivity contribution >= 4 is 34.2 Å². The molecule has 2 amide bonds. The molecule has 1 heterocycles. The average molecular weight is 362 g/mol. The molecule has 4 rings (SSSR count). The van der Waals surface area contributed by atoms with E-state index in [1.165, 1.54) is 0 Å². The molecule has 1 saturated carbocycles. The van der Waals surface area contributed by atoms with Crippen molar-refractivity contribution in [2.45, 2.75) is 32.6 Å². The van der Waals surface area contributed by atoms with Gasteiger partial charge in [0.05, 0.1) is 11.0 Å². The van der Waals surface area contributed by atoms with Crippen molar-refractivity contribution in [2.75, 3.05) is 10.6 Å². The SMILES string of the molecule is Cc1ccc(NC(=O)C2CC2)cc1NC(=O)CCc1nc2ccccc2[nH]1. The molecule has 1 fully saturated rings. The lowest BCUT2D eigenvalue weighted by atomic mass is 10.1. The quantitative estimate of drug-likeness (QED) is 0.623. The van der Waals surface area contributed by atoms with Crippen molar-refractivity contribution in [1.29, 1.82) is 0 Å². The Morgan fingerprint density at radius 2 is 1.96 bits per heavy atom. The highest BCUT2D eigenvalue weighted by molar-refractivity contribution is 5.96. The number of hydrogen-bond donors (Lipinski definition) is 3. The van der Waals surface area contributed by atoms with Gasteiger partial charge in [-0.3, -0.25) is 9.59 Å². The highest BCUT2D eigenvalue weighted by Crippen LogP contribution is 2.30. The first-order valence-corrected chi connectivity index (χ1v) is 9.23. The minimum Gasteiger partial charge on any atom is -0.342 e. The number of fused-ring (bicyclic) bond motifs is 1. The van der Waals surface area contributed by atoms with Gasteiger partial charge in [0.25, 0.3) is 0 Å². The number of carbonyl (C=O) groups is 2. The number of aromatic amines is 1. The maximum atomic E-state index is 12.4. The summed E-state index contributed by atoms with van der Waals surface area (Å²) >= 11 is 0. The van der Waals surface area contributed by atoms with E-state index in [-0.39, 0.29) is 17.7 Å². The number of aromatic nitrogens is 2. The van der Waals surface area contributed by atoms with Crippen LogP contribution < -0.4 is 10.6 Å². The van der Waals surface area contributed by atoms with Gasteiger partial charge in [0.1, 0.15) is 5.82 Å². The third-order valence-electron chi connectivity index (χ3n) is 4.75. The van der Waals surface area contributed by atoms with Gasteiger partial charge in [-0.25, -0.2) is 4.98 Å². The van der Waals surface area contributed by atoms with Crippen LogP contribution in [0.4, 0.5) is 11.4 Å². The number of para-hydroxylation sites is 2. The van der Waals surface area contributed by atoms with E-state index in [0.29, 0.717) is 18.5 Å². The Labute approximate surface area is 157 Å². The Morgan fingerprint density at radius 3 is 2.74 bits per heavy atom. The molecule has 1 aromatic heterocycles. The van der Waals surface area contributed by atoms with Crippen molar-refractivity contribution in [3.63, 3.8) is 0 Å². The molecule has 1 aliphatic rings. The van der Waals surface area contributed by atoms with E-state index in [2.05, 4.69) is 20.6 Å². The van der Waals surface area contributed by atoms with Crippen molar-refractivity contribution in [3.8, 4) is 0 Å². The van der Waals surface area contributed by atoms with Crippen molar-refractivity contribution < 1.29 is 9.59 Å². The number of nitrogens with one attached hydrogen (secondary N) is 3. The second-order valence-electron chi connectivity index (χ2n) is 7.04. The second-order valence-corrected chi connectivity index (χ2v) is 7.04. The minimum atomic E-state index is -0.0794. The van der Waals surface area contributed by atoms with Crippen LogP contribution in [0.1, 0.15) is 30.7 Å². The van der Waals surface area contributed by atoms with E-state index in [1.54, 1.807) is 0 Å². The van der Waals surface area contributed by atoms with Crippen molar-refractivity contribution in [3.05, 3.63) is 53.9 Å². The van der Waals surface area contributed by atoms with E-state index in [0.717, 1.165) is 41.0 Å². The molecule has 0 aliphatic heterocycles. The fourth-order valence-corrected chi connectivity index (χ4v) is 2.99. The molecule has 6 heteroatoms. The molecular formula is C21H22N4O2. The van der Waals surface area contributed by atoms with E-state index in [9.17, 15) is 9.59 Å². The zero-order valence-corrected chi connectivity index (χ0v) is 15.2. The third kappa shape index (κ3) is 4.16. The Morgan fingerprint density at radius 1 is 1.15 bits per heavy atom. The summed E-state index contributed by atoms with van der Waals surface area (Å²) in [6, 6.07) is 13.4. The van der Waals surface area contributed by atoms with Gasteiger partial charge in [-0.1, -0.05) is 18.2 Å². The number of aryl methyl sites for hydroxylation is 2. The number of H-pyrrole nitrogens is 1. The zero-order chi connectivity index (χ0) is 18.8. The number of carbonyl (C=O) groups excluding carboxylic acids is 2. The molecule has 0 atom stereocenters. The molecule has 27 heavy (non-hydrogen) atoms. The minimum absolute atomic E-state index is 0.0565. The molecule has 2 aromatic carbocycles. The second kappa shape index (κ2) is 7.23. The lowest BCUT2D eigenvalue weighted by molar-refractivity contribution is -0.117. The summed E-state index contributed by atoms with van der Waals surface area (Å²) in [5.74, 6) is 0.923. The highest BCUT2D eigenvalue weighted by atomic mass is 16.2. The standard InChI is InChI=1S/C21H22N4O2/c1-13-6-9-15(22-21(27)14-7-8-14)12-18(13)25-20(26)11-10-19-23-16-4-2-3-5-17(16)24-19/h2-6,9,12,14H,7-8,10-11H2,1H3,(H,22,27)(H,23,24)(H,25,26). The van der Waals surface area contributed by atoms with E-state index >= 15 is 0 Å². The maximum Gasteiger partial charge on any atom is 0.227 e. The summed E-state index contributed by atoms with van der Waals surface area (Å²) in [5.41, 5.74) is 4.27. The summed E-state index contributed by atoms with van der Waals surface area (Å²) in [5, 5.41) is 5.85. The van der Waals surface area contributed by atoms with Crippen molar-refractivity contribution in [2.24, 2.45) is 5.92 Å². The molecule has 0 bridgehead atoms. The van der Waals surface area contributed by atoms with Crippen LogP contribution in [0.3, 0.4) is 0 Å². The average Bonchev–Trinajstić information content (AvgIpc) is 3.42. The smallest absolute Gasteiger partial charge is 0.227 e. The van der Waals surface area contributed by atoms with Crippen LogP contribution in [0.5, 0.6) is 0 Å². The fourth-order valence-electron chi connectivity index (χ4n) is 2.99. The van der Waals surface area contributed by atoms with Gasteiger partial charge >= 0.3 is 0 Å². The van der Waals surface area contributed by atoms with E-state index in [1.807, 2.05) is 49.4 Å². The normalized spacial score (nSPS) is 13.5. The van der Waals surface area contributed by atoms with Crippen LogP contribution in [0, 0.1) is 12.8 Å². The molecule has 6 nitrogen and oxygen atoms in total. The van der Waals surface area contributed by atoms with Crippen LogP contribution in [-0.4, -0.2) is 21.8 Å². The first kappa shape index (κ1) is 17.3. The first-order valence-electron chi connectivity index (χ1n) is 9.23. The topological polar surface area (TPSA) is 86.9 Å². The summed E-state index contributed by atoms with van der Waals surface area (Å²) in [6.07, 6.45) is 2.79. The van der Waals surface area contributed by atoms with Gasteiger partial charge in [0, 0.05) is 30.1 Å². The summed E-state index contributed by atoms with van der Waals surface area (Å²) in [4.78, 5) is 32.0.